The second-order valence-corrected chi connectivity index (χ2v) is 17.8. The van der Waals surface area contributed by atoms with Crippen LogP contribution >= 0.6 is 0 Å². The molecule has 0 N–H and O–H groups in total. The van der Waals surface area contributed by atoms with Gasteiger partial charge in [-0.05, 0) is 49.7 Å². The molecule has 208 valence electrons. The maximum absolute atomic E-state index is 7.31. The molecule has 0 radical (unpaired) electrons. The maximum Gasteiger partial charge on any atom is 0.471 e. The van der Waals surface area contributed by atoms with Crippen molar-refractivity contribution in [3.05, 3.63) is 29.8 Å². The first-order valence-electron chi connectivity index (χ1n) is 14.1. The molecule has 2 atom stereocenters. The minimum Gasteiger partial charge on any atom is -0.510 e. The normalized spacial score (nSPS) is 20.3. The van der Waals surface area contributed by atoms with E-state index in [1.165, 1.54) is 12.0 Å². The smallest absolute Gasteiger partial charge is 0.471 e. The number of methoxy groups -OCH3 is 1. The lowest BCUT2D eigenvalue weighted by Crippen LogP contribution is -2.62. The van der Waals surface area contributed by atoms with E-state index in [1.54, 1.807) is 7.11 Å². The Morgan fingerprint density at radius 3 is 2.39 bits per heavy atom. The largest absolute Gasteiger partial charge is 0.510 e. The van der Waals surface area contributed by atoms with E-state index in [0.29, 0.717) is 12.5 Å². The molecule has 2 aliphatic heterocycles. The molecule has 0 spiro atoms. The molecule has 1 fully saturated rings. The van der Waals surface area contributed by atoms with Crippen LogP contribution in [0.2, 0.25) is 10.1 Å². The lowest BCUT2D eigenvalue weighted by atomic mass is 9.99. The molecule has 0 saturated carbocycles. The van der Waals surface area contributed by atoms with Gasteiger partial charge in [0, 0.05) is 28.8 Å². The van der Waals surface area contributed by atoms with Gasteiger partial charge in [-0.25, -0.2) is 0 Å². The fourth-order valence-corrected chi connectivity index (χ4v) is 10.6. The lowest BCUT2D eigenvalue weighted by Gasteiger charge is -2.47. The molecule has 38 heavy (non-hydrogen) atoms. The third-order valence-corrected chi connectivity index (χ3v) is 13.0. The Morgan fingerprint density at radius 1 is 0.974 bits per heavy atom. The monoisotopic (exact) mass is 540 g/mol. The molecular formula is C31H44O6Si. The summed E-state index contributed by atoms with van der Waals surface area (Å²) < 4.78 is 38.2. The van der Waals surface area contributed by atoms with Gasteiger partial charge in [0.15, 0.2) is 6.29 Å². The number of ether oxygens (including phenoxy) is 3. The standard InChI is InChI=1S/C31H44O6Si/c1-20(19-34-26-11-9-10-16-33-26)12-13-21-14-15-23-28-27-24(35-23)17-22(32-8)18-25(27)36-38(30(2,3)4,31(5,6)7)37-29(21)28/h14-15,17-18,20,26H,9-13,16,19H2,1-8H3/t20-,26?/m1/s1. The number of benzene rings is 2. The SMILES string of the molecule is COc1cc2c3c(c1)oc1ccc(CC[C@@H](C)COC4CCCCO4)c(c13)O[Si](C(C)(C)C)(C(C)(C)C)O2. The average molecular weight is 541 g/mol. The molecule has 7 heteroatoms. The van der Waals surface area contributed by atoms with Crippen LogP contribution in [0.3, 0.4) is 0 Å². The van der Waals surface area contributed by atoms with Crippen LogP contribution in [0.5, 0.6) is 17.2 Å². The molecule has 6 nitrogen and oxygen atoms in total. The van der Waals surface area contributed by atoms with E-state index in [-0.39, 0.29) is 16.4 Å². The number of rotatable bonds is 7. The Morgan fingerprint density at radius 2 is 1.74 bits per heavy atom. The van der Waals surface area contributed by atoms with Crippen molar-refractivity contribution in [3.8, 4) is 17.2 Å². The first-order valence-corrected chi connectivity index (χ1v) is 15.9. The molecule has 0 bridgehead atoms. The van der Waals surface area contributed by atoms with Gasteiger partial charge in [0.2, 0.25) is 0 Å². The summed E-state index contributed by atoms with van der Waals surface area (Å²) in [5.74, 6) is 2.83. The van der Waals surface area contributed by atoms with Crippen LogP contribution in [0, 0.1) is 5.92 Å². The van der Waals surface area contributed by atoms with Crippen molar-refractivity contribution in [1.82, 2.24) is 0 Å². The molecular weight excluding hydrogens is 496 g/mol. The minimum atomic E-state index is -2.95. The molecule has 1 unspecified atom stereocenters. The topological polar surface area (TPSA) is 59.3 Å². The molecule has 2 aromatic carbocycles. The molecule has 5 rings (SSSR count). The van der Waals surface area contributed by atoms with E-state index < -0.39 is 8.56 Å². The second-order valence-electron chi connectivity index (χ2n) is 13.1. The van der Waals surface area contributed by atoms with E-state index in [1.807, 2.05) is 12.1 Å². The van der Waals surface area contributed by atoms with Gasteiger partial charge in [0.25, 0.3) is 0 Å². The highest BCUT2D eigenvalue weighted by atomic mass is 28.4. The van der Waals surface area contributed by atoms with Crippen LogP contribution in [0.1, 0.15) is 79.7 Å². The Labute approximate surface area is 228 Å². The second kappa shape index (κ2) is 10.1. The van der Waals surface area contributed by atoms with E-state index in [4.69, 9.17) is 27.5 Å². The van der Waals surface area contributed by atoms with Crippen LogP contribution in [0.25, 0.3) is 21.9 Å². The summed E-state index contributed by atoms with van der Waals surface area (Å²) in [6.07, 6.45) is 5.14. The number of furan rings is 1. The fourth-order valence-electron chi connectivity index (χ4n) is 6.11. The van der Waals surface area contributed by atoms with Crippen LogP contribution in [0.15, 0.2) is 28.7 Å². The lowest BCUT2D eigenvalue weighted by molar-refractivity contribution is -0.168. The van der Waals surface area contributed by atoms with Crippen molar-refractivity contribution >= 4 is 30.5 Å². The Bertz CT molecular complexity index is 1280. The van der Waals surface area contributed by atoms with E-state index in [0.717, 1.165) is 71.5 Å². The number of aryl methyl sites for hydroxylation is 1. The van der Waals surface area contributed by atoms with E-state index >= 15 is 0 Å². The zero-order valence-electron chi connectivity index (χ0n) is 24.4. The Balaban J connectivity index is 1.55. The molecule has 1 saturated heterocycles. The summed E-state index contributed by atoms with van der Waals surface area (Å²) in [7, 11) is -1.27. The first kappa shape index (κ1) is 27.3. The predicted octanol–water partition coefficient (Wildman–Crippen LogP) is 8.52. The van der Waals surface area contributed by atoms with Crippen molar-refractivity contribution in [2.75, 3.05) is 20.3 Å². The summed E-state index contributed by atoms with van der Waals surface area (Å²) in [5.41, 5.74) is 2.77. The highest BCUT2D eigenvalue weighted by Gasteiger charge is 2.63. The first-order chi connectivity index (χ1) is 17.9. The van der Waals surface area contributed by atoms with Gasteiger partial charge in [-0.1, -0.05) is 54.5 Å². The Kier molecular flexibility index (Phi) is 7.25. The van der Waals surface area contributed by atoms with Crippen LogP contribution in [-0.4, -0.2) is 35.2 Å². The van der Waals surface area contributed by atoms with Crippen LogP contribution in [-0.2, 0) is 15.9 Å². The molecule has 3 aromatic rings. The highest BCUT2D eigenvalue weighted by molar-refractivity contribution is 6.75. The molecule has 2 aliphatic rings. The zero-order chi connectivity index (χ0) is 27.3. The van der Waals surface area contributed by atoms with Gasteiger partial charge in [-0.3, -0.25) is 0 Å². The van der Waals surface area contributed by atoms with Gasteiger partial charge in [-0.15, -0.1) is 0 Å². The number of hydrogen-bond donors (Lipinski definition) is 0. The van der Waals surface area contributed by atoms with Gasteiger partial charge >= 0.3 is 8.56 Å². The fraction of sp³-hybridized carbons (Fsp3) is 0.613. The van der Waals surface area contributed by atoms with Crippen molar-refractivity contribution in [3.63, 3.8) is 0 Å². The summed E-state index contributed by atoms with van der Waals surface area (Å²) in [5, 5.41) is 1.58. The molecule has 3 heterocycles. The summed E-state index contributed by atoms with van der Waals surface area (Å²) in [6.45, 7) is 17.2. The van der Waals surface area contributed by atoms with E-state index in [2.05, 4.69) is 60.6 Å². The molecule has 0 aliphatic carbocycles. The Hall–Kier alpha value is -2.22. The predicted molar refractivity (Wildman–Crippen MR) is 154 cm³/mol. The maximum atomic E-state index is 7.31. The summed E-state index contributed by atoms with van der Waals surface area (Å²) in [4.78, 5) is 0. The third-order valence-electron chi connectivity index (χ3n) is 8.03. The van der Waals surface area contributed by atoms with E-state index in [9.17, 15) is 0 Å². The van der Waals surface area contributed by atoms with Crippen molar-refractivity contribution in [2.45, 2.75) is 96.9 Å². The highest BCUT2D eigenvalue weighted by Crippen LogP contribution is 2.57. The third kappa shape index (κ3) is 4.82. The summed E-state index contributed by atoms with van der Waals surface area (Å²) in [6, 6.07) is 8.19. The number of hydrogen-bond acceptors (Lipinski definition) is 6. The van der Waals surface area contributed by atoms with Gasteiger partial charge in [0.05, 0.1) is 24.5 Å². The van der Waals surface area contributed by atoms with Crippen LogP contribution < -0.4 is 13.6 Å². The minimum absolute atomic E-state index is 0.0504. The van der Waals surface area contributed by atoms with Crippen LogP contribution in [0.4, 0.5) is 0 Å². The molecule has 0 amide bonds. The van der Waals surface area contributed by atoms with Gasteiger partial charge < -0.3 is 27.5 Å². The quantitative estimate of drug-likeness (QED) is 0.280. The van der Waals surface area contributed by atoms with Gasteiger partial charge in [-0.2, -0.15) is 0 Å². The van der Waals surface area contributed by atoms with Gasteiger partial charge in [0.1, 0.15) is 28.4 Å². The zero-order valence-corrected chi connectivity index (χ0v) is 25.4. The van der Waals surface area contributed by atoms with Crippen molar-refractivity contribution in [1.29, 1.82) is 0 Å². The van der Waals surface area contributed by atoms with Crippen molar-refractivity contribution < 1.29 is 27.5 Å². The van der Waals surface area contributed by atoms with Crippen molar-refractivity contribution in [2.24, 2.45) is 5.92 Å². The molecule has 1 aromatic heterocycles. The summed E-state index contributed by atoms with van der Waals surface area (Å²) >= 11 is 0. The average Bonchev–Trinajstić information content (AvgIpc) is 3.14.